The van der Waals surface area contributed by atoms with Crippen LogP contribution in [0, 0.1) is 0 Å². The third-order valence-corrected chi connectivity index (χ3v) is 3.70. The van der Waals surface area contributed by atoms with Gasteiger partial charge < -0.3 is 19.1 Å². The first-order valence-electron chi connectivity index (χ1n) is 8.10. The summed E-state index contributed by atoms with van der Waals surface area (Å²) in [5, 5.41) is 0. The fourth-order valence-electron chi connectivity index (χ4n) is 2.60. The second kappa shape index (κ2) is 7.68. The van der Waals surface area contributed by atoms with Crippen LogP contribution in [-0.2, 0) is 16.1 Å². The number of piperidine rings is 1. The van der Waals surface area contributed by atoms with Crippen LogP contribution in [0.3, 0.4) is 0 Å². The third kappa shape index (κ3) is 5.43. The smallest absolute Gasteiger partial charge is 0.410 e. The van der Waals surface area contributed by atoms with E-state index >= 15 is 0 Å². The van der Waals surface area contributed by atoms with E-state index in [9.17, 15) is 4.79 Å². The zero-order valence-corrected chi connectivity index (χ0v) is 14.5. The van der Waals surface area contributed by atoms with Gasteiger partial charge in [-0.2, -0.15) is 0 Å². The summed E-state index contributed by atoms with van der Waals surface area (Å²) in [5.74, 6) is 0.826. The molecular formula is C18H27NO4. The van der Waals surface area contributed by atoms with Crippen molar-refractivity contribution in [1.29, 1.82) is 0 Å². The highest BCUT2D eigenvalue weighted by Gasteiger charge is 2.28. The van der Waals surface area contributed by atoms with E-state index in [4.69, 9.17) is 14.2 Å². The van der Waals surface area contributed by atoms with Gasteiger partial charge in [0.15, 0.2) is 0 Å². The number of benzene rings is 1. The fraction of sp³-hybridized carbons (Fsp3) is 0.611. The summed E-state index contributed by atoms with van der Waals surface area (Å²) < 4.78 is 16.8. The summed E-state index contributed by atoms with van der Waals surface area (Å²) in [6.07, 6.45) is 1.65. The van der Waals surface area contributed by atoms with Crippen molar-refractivity contribution in [3.63, 3.8) is 0 Å². The molecule has 1 fully saturated rings. The molecule has 0 bridgehead atoms. The van der Waals surface area contributed by atoms with Crippen molar-refractivity contribution in [1.82, 2.24) is 4.90 Å². The Hall–Kier alpha value is -1.75. The number of nitrogens with zero attached hydrogens (tertiary/aromatic N) is 1. The summed E-state index contributed by atoms with van der Waals surface area (Å²) in [7, 11) is 1.66. The lowest BCUT2D eigenvalue weighted by molar-refractivity contribution is -0.0262. The van der Waals surface area contributed by atoms with Crippen molar-refractivity contribution < 1.29 is 19.0 Å². The molecule has 2 rings (SSSR count). The number of methoxy groups -OCH3 is 1. The predicted molar refractivity (Wildman–Crippen MR) is 88.6 cm³/mol. The van der Waals surface area contributed by atoms with Crippen LogP contribution in [0.15, 0.2) is 24.3 Å². The zero-order valence-electron chi connectivity index (χ0n) is 14.5. The van der Waals surface area contributed by atoms with Crippen molar-refractivity contribution in [2.45, 2.75) is 51.9 Å². The summed E-state index contributed by atoms with van der Waals surface area (Å²) in [6.45, 7) is 7.42. The van der Waals surface area contributed by atoms with Gasteiger partial charge in [-0.1, -0.05) is 18.2 Å². The molecule has 0 aromatic heterocycles. The molecular weight excluding hydrogens is 294 g/mol. The standard InChI is InChI=1S/C18H27NO4/c1-18(2,3)23-17(20)19-11-7-9-15(12-19)22-13-14-8-5-6-10-16(14)21-4/h5-6,8,10,15H,7,9,11-13H2,1-4H3. The minimum Gasteiger partial charge on any atom is -0.496 e. The number of ether oxygens (including phenoxy) is 3. The summed E-state index contributed by atoms with van der Waals surface area (Å²) in [5.41, 5.74) is 0.548. The van der Waals surface area contributed by atoms with E-state index in [1.165, 1.54) is 0 Å². The lowest BCUT2D eigenvalue weighted by atomic mass is 10.1. The Kier molecular flexibility index (Phi) is 5.88. The van der Waals surface area contributed by atoms with Gasteiger partial charge in [-0.15, -0.1) is 0 Å². The molecule has 5 nitrogen and oxygen atoms in total. The molecule has 0 N–H and O–H groups in total. The van der Waals surface area contributed by atoms with E-state index in [2.05, 4.69) is 0 Å². The molecule has 0 aliphatic carbocycles. The number of hydrogen-bond donors (Lipinski definition) is 0. The van der Waals surface area contributed by atoms with Gasteiger partial charge in [-0.05, 0) is 39.7 Å². The van der Waals surface area contributed by atoms with Gasteiger partial charge >= 0.3 is 6.09 Å². The summed E-state index contributed by atoms with van der Waals surface area (Å²) in [4.78, 5) is 13.9. The largest absolute Gasteiger partial charge is 0.496 e. The van der Waals surface area contributed by atoms with Crippen LogP contribution in [-0.4, -0.2) is 42.9 Å². The first kappa shape index (κ1) is 17.6. The van der Waals surface area contributed by atoms with Gasteiger partial charge in [0, 0.05) is 12.1 Å². The molecule has 23 heavy (non-hydrogen) atoms. The zero-order chi connectivity index (χ0) is 16.9. The Morgan fingerprint density at radius 1 is 1.30 bits per heavy atom. The number of carbonyl (C=O) groups excluding carboxylic acids is 1. The van der Waals surface area contributed by atoms with E-state index < -0.39 is 5.60 Å². The predicted octanol–water partition coefficient (Wildman–Crippen LogP) is 3.61. The second-order valence-electron chi connectivity index (χ2n) is 6.81. The van der Waals surface area contributed by atoms with Gasteiger partial charge in [-0.3, -0.25) is 0 Å². The molecule has 0 radical (unpaired) electrons. The molecule has 1 aromatic carbocycles. The molecule has 1 atom stereocenters. The summed E-state index contributed by atoms with van der Waals surface area (Å²) in [6, 6.07) is 7.82. The van der Waals surface area contributed by atoms with E-state index in [-0.39, 0.29) is 12.2 Å². The van der Waals surface area contributed by atoms with Crippen LogP contribution in [0.5, 0.6) is 5.75 Å². The van der Waals surface area contributed by atoms with E-state index in [1.807, 2.05) is 45.0 Å². The van der Waals surface area contributed by atoms with Crippen LogP contribution in [0.1, 0.15) is 39.2 Å². The van der Waals surface area contributed by atoms with Crippen LogP contribution < -0.4 is 4.74 Å². The van der Waals surface area contributed by atoms with Crippen LogP contribution in [0.2, 0.25) is 0 Å². The average molecular weight is 321 g/mol. The third-order valence-electron chi connectivity index (χ3n) is 3.70. The minimum atomic E-state index is -0.470. The van der Waals surface area contributed by atoms with Crippen molar-refractivity contribution in [3.8, 4) is 5.75 Å². The molecule has 0 saturated carbocycles. The molecule has 1 aromatic rings. The molecule has 1 unspecified atom stereocenters. The molecule has 5 heteroatoms. The molecule has 1 saturated heterocycles. The first-order chi connectivity index (χ1) is 10.9. The Bertz CT molecular complexity index is 524. The molecule has 128 valence electrons. The molecule has 1 aliphatic rings. The highest BCUT2D eigenvalue weighted by Crippen LogP contribution is 2.22. The van der Waals surface area contributed by atoms with Gasteiger partial charge in [0.2, 0.25) is 0 Å². The minimum absolute atomic E-state index is 0.0289. The first-order valence-corrected chi connectivity index (χ1v) is 8.10. The molecule has 1 aliphatic heterocycles. The quantitative estimate of drug-likeness (QED) is 0.850. The Labute approximate surface area is 138 Å². The van der Waals surface area contributed by atoms with Crippen molar-refractivity contribution in [2.24, 2.45) is 0 Å². The maximum Gasteiger partial charge on any atom is 0.410 e. The lowest BCUT2D eigenvalue weighted by Crippen LogP contribution is -2.45. The van der Waals surface area contributed by atoms with Gasteiger partial charge in [-0.25, -0.2) is 4.79 Å². The van der Waals surface area contributed by atoms with Gasteiger partial charge in [0.25, 0.3) is 0 Å². The van der Waals surface area contributed by atoms with Crippen molar-refractivity contribution in [3.05, 3.63) is 29.8 Å². The van der Waals surface area contributed by atoms with Crippen LogP contribution >= 0.6 is 0 Å². The maximum absolute atomic E-state index is 12.2. The maximum atomic E-state index is 12.2. The van der Waals surface area contributed by atoms with E-state index in [0.29, 0.717) is 13.2 Å². The second-order valence-corrected chi connectivity index (χ2v) is 6.81. The highest BCUT2D eigenvalue weighted by molar-refractivity contribution is 5.68. The number of hydrogen-bond acceptors (Lipinski definition) is 4. The monoisotopic (exact) mass is 321 g/mol. The number of carbonyl (C=O) groups is 1. The van der Waals surface area contributed by atoms with Crippen LogP contribution in [0.25, 0.3) is 0 Å². The molecule has 1 heterocycles. The molecule has 0 spiro atoms. The average Bonchev–Trinajstić information content (AvgIpc) is 2.52. The highest BCUT2D eigenvalue weighted by atomic mass is 16.6. The van der Waals surface area contributed by atoms with Crippen LogP contribution in [0.4, 0.5) is 4.79 Å². The topological polar surface area (TPSA) is 48.0 Å². The van der Waals surface area contributed by atoms with Gasteiger partial charge in [0.1, 0.15) is 11.4 Å². The Balaban J connectivity index is 1.88. The normalized spacial score (nSPS) is 18.6. The lowest BCUT2D eigenvalue weighted by Gasteiger charge is -2.34. The van der Waals surface area contributed by atoms with Crippen molar-refractivity contribution in [2.75, 3.05) is 20.2 Å². The number of amides is 1. The number of para-hydroxylation sites is 1. The molecule has 1 amide bonds. The Morgan fingerprint density at radius 3 is 2.74 bits per heavy atom. The van der Waals surface area contributed by atoms with Gasteiger partial charge in [0.05, 0.1) is 26.4 Å². The number of rotatable bonds is 4. The number of likely N-dealkylation sites (tertiary alicyclic amines) is 1. The van der Waals surface area contributed by atoms with Crippen molar-refractivity contribution >= 4 is 6.09 Å². The van der Waals surface area contributed by atoms with E-state index in [0.717, 1.165) is 30.7 Å². The Morgan fingerprint density at radius 2 is 2.04 bits per heavy atom. The van der Waals surface area contributed by atoms with E-state index in [1.54, 1.807) is 12.0 Å². The summed E-state index contributed by atoms with van der Waals surface area (Å²) >= 11 is 0. The fourth-order valence-corrected chi connectivity index (χ4v) is 2.60. The SMILES string of the molecule is COc1ccccc1COC1CCCN(C(=O)OC(C)(C)C)C1.